The first kappa shape index (κ1) is 15.5. The Morgan fingerprint density at radius 3 is 2.52 bits per heavy atom. The molecule has 0 spiro atoms. The summed E-state index contributed by atoms with van der Waals surface area (Å²) in [6.07, 6.45) is 5.21. The monoisotopic (exact) mass is 289 g/mol. The van der Waals surface area contributed by atoms with Gasteiger partial charge < -0.3 is 10.4 Å². The Labute approximate surface area is 125 Å². The van der Waals surface area contributed by atoms with Gasteiger partial charge in [-0.05, 0) is 24.8 Å². The number of hydrogen-bond donors (Lipinski definition) is 2. The Morgan fingerprint density at radius 2 is 1.81 bits per heavy atom. The number of carbonyl (C=O) groups excluding carboxylic acids is 1. The first-order chi connectivity index (χ1) is 10.2. The molecule has 0 bridgehead atoms. The summed E-state index contributed by atoms with van der Waals surface area (Å²) in [5.41, 5.74) is 1.29. The Bertz CT molecular complexity index is 472. The van der Waals surface area contributed by atoms with E-state index in [0.717, 1.165) is 19.3 Å². The van der Waals surface area contributed by atoms with E-state index in [0.29, 0.717) is 18.8 Å². The topological polar surface area (TPSA) is 66.4 Å². The fourth-order valence-corrected chi connectivity index (χ4v) is 3.08. The smallest absolute Gasteiger partial charge is 0.303 e. The fourth-order valence-electron chi connectivity index (χ4n) is 3.08. The van der Waals surface area contributed by atoms with Crippen LogP contribution in [0.15, 0.2) is 30.3 Å². The van der Waals surface area contributed by atoms with Crippen LogP contribution in [0, 0.1) is 0 Å². The molecule has 0 aliphatic heterocycles. The van der Waals surface area contributed by atoms with Crippen LogP contribution < -0.4 is 5.32 Å². The molecule has 114 valence electrons. The molecule has 1 aromatic rings. The van der Waals surface area contributed by atoms with Crippen molar-refractivity contribution in [1.29, 1.82) is 0 Å². The van der Waals surface area contributed by atoms with E-state index in [1.165, 1.54) is 12.0 Å². The summed E-state index contributed by atoms with van der Waals surface area (Å²) in [6.45, 7) is 0. The number of carboxylic acids is 1. The van der Waals surface area contributed by atoms with E-state index in [9.17, 15) is 9.59 Å². The number of carbonyl (C=O) groups is 2. The van der Waals surface area contributed by atoms with Gasteiger partial charge in [-0.25, -0.2) is 0 Å². The zero-order valence-corrected chi connectivity index (χ0v) is 12.3. The summed E-state index contributed by atoms with van der Waals surface area (Å²) in [6, 6.07) is 10.5. The van der Waals surface area contributed by atoms with Gasteiger partial charge >= 0.3 is 5.97 Å². The van der Waals surface area contributed by atoms with Gasteiger partial charge in [0.15, 0.2) is 0 Å². The lowest BCUT2D eigenvalue weighted by atomic mass is 9.80. The third kappa shape index (κ3) is 4.88. The SMILES string of the molecule is O=C(O)CCCC(=O)N[C@@H]1CCCC[C@H]1c1ccccc1. The van der Waals surface area contributed by atoms with Gasteiger partial charge in [-0.1, -0.05) is 43.2 Å². The molecule has 1 aromatic carbocycles. The van der Waals surface area contributed by atoms with Crippen molar-refractivity contribution in [3.63, 3.8) is 0 Å². The lowest BCUT2D eigenvalue weighted by molar-refractivity contribution is -0.137. The average Bonchev–Trinajstić information content (AvgIpc) is 2.48. The highest BCUT2D eigenvalue weighted by Crippen LogP contribution is 2.33. The third-order valence-electron chi connectivity index (χ3n) is 4.13. The van der Waals surface area contributed by atoms with Crippen LogP contribution in [0.1, 0.15) is 56.4 Å². The molecule has 1 amide bonds. The summed E-state index contributed by atoms with van der Waals surface area (Å²) in [5.74, 6) is -0.491. The van der Waals surface area contributed by atoms with Crippen LogP contribution in [-0.2, 0) is 9.59 Å². The Morgan fingerprint density at radius 1 is 1.10 bits per heavy atom. The Balaban J connectivity index is 1.90. The predicted molar refractivity (Wildman–Crippen MR) is 81.1 cm³/mol. The van der Waals surface area contributed by atoms with E-state index in [2.05, 4.69) is 17.4 Å². The van der Waals surface area contributed by atoms with Crippen molar-refractivity contribution in [2.45, 2.75) is 56.9 Å². The van der Waals surface area contributed by atoms with Crippen molar-refractivity contribution in [2.75, 3.05) is 0 Å². The van der Waals surface area contributed by atoms with Crippen molar-refractivity contribution in [3.05, 3.63) is 35.9 Å². The number of rotatable bonds is 6. The zero-order valence-electron chi connectivity index (χ0n) is 12.3. The molecule has 0 saturated heterocycles. The minimum absolute atomic E-state index is 0.0240. The van der Waals surface area contributed by atoms with Crippen molar-refractivity contribution in [3.8, 4) is 0 Å². The molecule has 1 aliphatic carbocycles. The van der Waals surface area contributed by atoms with Crippen LogP contribution in [0.2, 0.25) is 0 Å². The second-order valence-electron chi connectivity index (χ2n) is 5.72. The molecule has 1 fully saturated rings. The predicted octanol–water partition coefficient (Wildman–Crippen LogP) is 3.08. The van der Waals surface area contributed by atoms with E-state index in [1.54, 1.807) is 0 Å². The normalized spacial score (nSPS) is 21.7. The largest absolute Gasteiger partial charge is 0.481 e. The van der Waals surface area contributed by atoms with Crippen molar-refractivity contribution in [1.82, 2.24) is 5.32 Å². The first-order valence-corrected chi connectivity index (χ1v) is 7.73. The van der Waals surface area contributed by atoms with Crippen LogP contribution in [0.3, 0.4) is 0 Å². The molecule has 0 unspecified atom stereocenters. The van der Waals surface area contributed by atoms with Gasteiger partial charge in [-0.3, -0.25) is 9.59 Å². The molecule has 0 radical (unpaired) electrons. The second kappa shape index (κ2) is 7.81. The number of amides is 1. The van der Waals surface area contributed by atoms with Gasteiger partial charge in [0.05, 0.1) is 0 Å². The highest BCUT2D eigenvalue weighted by atomic mass is 16.4. The standard InChI is InChI=1S/C17H23NO3/c19-16(11-6-12-17(20)21)18-15-10-5-4-9-14(15)13-7-2-1-3-8-13/h1-3,7-8,14-15H,4-6,9-12H2,(H,18,19)(H,20,21)/t14-,15+/m0/s1. The lowest BCUT2D eigenvalue weighted by Gasteiger charge is -2.32. The summed E-state index contributed by atoms with van der Waals surface area (Å²) in [4.78, 5) is 22.4. The zero-order chi connectivity index (χ0) is 15.1. The van der Waals surface area contributed by atoms with Crippen molar-refractivity contribution < 1.29 is 14.7 Å². The molecule has 2 atom stereocenters. The third-order valence-corrected chi connectivity index (χ3v) is 4.13. The van der Waals surface area contributed by atoms with Gasteiger partial charge in [0, 0.05) is 24.8 Å². The fraction of sp³-hybridized carbons (Fsp3) is 0.529. The van der Waals surface area contributed by atoms with Gasteiger partial charge in [0.25, 0.3) is 0 Å². The minimum atomic E-state index is -0.845. The molecule has 21 heavy (non-hydrogen) atoms. The molecule has 1 saturated carbocycles. The summed E-state index contributed by atoms with van der Waals surface area (Å²) in [5, 5.41) is 11.7. The van der Waals surface area contributed by atoms with Gasteiger partial charge in [-0.2, -0.15) is 0 Å². The van der Waals surface area contributed by atoms with E-state index < -0.39 is 5.97 Å². The summed E-state index contributed by atoms with van der Waals surface area (Å²) in [7, 11) is 0. The molecule has 4 nitrogen and oxygen atoms in total. The first-order valence-electron chi connectivity index (χ1n) is 7.73. The van der Waals surface area contributed by atoms with E-state index in [1.807, 2.05) is 18.2 Å². The van der Waals surface area contributed by atoms with Gasteiger partial charge in [-0.15, -0.1) is 0 Å². The maximum absolute atomic E-state index is 12.0. The molecule has 0 heterocycles. The molecule has 4 heteroatoms. The van der Waals surface area contributed by atoms with E-state index >= 15 is 0 Å². The summed E-state index contributed by atoms with van der Waals surface area (Å²) < 4.78 is 0. The maximum Gasteiger partial charge on any atom is 0.303 e. The van der Waals surface area contributed by atoms with E-state index in [-0.39, 0.29) is 18.4 Å². The minimum Gasteiger partial charge on any atom is -0.481 e. The van der Waals surface area contributed by atoms with Crippen LogP contribution in [-0.4, -0.2) is 23.0 Å². The number of benzene rings is 1. The molecule has 2 N–H and O–H groups in total. The second-order valence-corrected chi connectivity index (χ2v) is 5.72. The van der Waals surface area contributed by atoms with Crippen LogP contribution >= 0.6 is 0 Å². The molecular formula is C17H23NO3. The maximum atomic E-state index is 12.0. The molecular weight excluding hydrogens is 266 g/mol. The average molecular weight is 289 g/mol. The van der Waals surface area contributed by atoms with Crippen molar-refractivity contribution >= 4 is 11.9 Å². The number of nitrogens with one attached hydrogen (secondary N) is 1. The number of hydrogen-bond acceptors (Lipinski definition) is 2. The highest BCUT2D eigenvalue weighted by molar-refractivity contribution is 5.77. The lowest BCUT2D eigenvalue weighted by Crippen LogP contribution is -2.40. The number of carboxylic acid groups (broad SMARTS) is 1. The van der Waals surface area contributed by atoms with Crippen LogP contribution in [0.4, 0.5) is 0 Å². The van der Waals surface area contributed by atoms with Crippen molar-refractivity contribution in [2.24, 2.45) is 0 Å². The Kier molecular flexibility index (Phi) is 5.78. The van der Waals surface area contributed by atoms with Gasteiger partial charge in [0.1, 0.15) is 0 Å². The van der Waals surface area contributed by atoms with Crippen LogP contribution in [0.5, 0.6) is 0 Å². The van der Waals surface area contributed by atoms with Crippen LogP contribution in [0.25, 0.3) is 0 Å². The summed E-state index contributed by atoms with van der Waals surface area (Å²) >= 11 is 0. The van der Waals surface area contributed by atoms with E-state index in [4.69, 9.17) is 5.11 Å². The Hall–Kier alpha value is -1.84. The van der Waals surface area contributed by atoms with Gasteiger partial charge in [0.2, 0.25) is 5.91 Å². The molecule has 1 aliphatic rings. The number of aliphatic carboxylic acids is 1. The quantitative estimate of drug-likeness (QED) is 0.845. The molecule has 0 aromatic heterocycles. The highest BCUT2D eigenvalue weighted by Gasteiger charge is 2.27. The molecule has 2 rings (SSSR count).